The number of allylic oxidation sites excluding steroid dienone is 1. The molecule has 17 heavy (non-hydrogen) atoms. The summed E-state index contributed by atoms with van der Waals surface area (Å²) in [4.78, 5) is 15.7. The van der Waals surface area contributed by atoms with E-state index in [1.807, 2.05) is 56.1 Å². The molecular formula is C14H18N2O. The van der Waals surface area contributed by atoms with Gasteiger partial charge in [0.05, 0.1) is 12.6 Å². The maximum atomic E-state index is 12.2. The number of hydrogen-bond acceptors (Lipinski definition) is 1. The fourth-order valence-electron chi connectivity index (χ4n) is 2.02. The highest BCUT2D eigenvalue weighted by atomic mass is 16.2. The summed E-state index contributed by atoms with van der Waals surface area (Å²) in [6, 6.07) is 10.3. The van der Waals surface area contributed by atoms with E-state index in [0.29, 0.717) is 6.54 Å². The van der Waals surface area contributed by atoms with Gasteiger partial charge in [-0.1, -0.05) is 30.3 Å². The summed E-state index contributed by atoms with van der Waals surface area (Å²) < 4.78 is 0. The van der Waals surface area contributed by atoms with E-state index in [4.69, 9.17) is 0 Å². The number of carbonyl (C=O) groups excluding carboxylic acids is 1. The van der Waals surface area contributed by atoms with Gasteiger partial charge in [0.15, 0.2) is 0 Å². The summed E-state index contributed by atoms with van der Waals surface area (Å²) in [6.45, 7) is 4.66. The number of urea groups is 1. The quantitative estimate of drug-likeness (QED) is 0.766. The molecule has 1 atom stereocenters. The highest BCUT2D eigenvalue weighted by molar-refractivity contribution is 5.78. The number of benzene rings is 1. The summed E-state index contributed by atoms with van der Waals surface area (Å²) >= 11 is 0. The molecular weight excluding hydrogens is 212 g/mol. The van der Waals surface area contributed by atoms with Crippen molar-refractivity contribution in [2.75, 3.05) is 7.05 Å². The van der Waals surface area contributed by atoms with Crippen LogP contribution in [0.1, 0.15) is 19.4 Å². The summed E-state index contributed by atoms with van der Waals surface area (Å²) in [5, 5.41) is 0. The summed E-state index contributed by atoms with van der Waals surface area (Å²) in [5.74, 6) is 0. The zero-order valence-corrected chi connectivity index (χ0v) is 10.6. The zero-order valence-electron chi connectivity index (χ0n) is 10.6. The minimum absolute atomic E-state index is 0.0707. The summed E-state index contributed by atoms with van der Waals surface area (Å²) in [7, 11) is 1.84. The Labute approximate surface area is 102 Å². The molecule has 2 amide bonds. The fourth-order valence-corrected chi connectivity index (χ4v) is 2.02. The minimum Gasteiger partial charge on any atom is -0.321 e. The van der Waals surface area contributed by atoms with Gasteiger partial charge in [-0.25, -0.2) is 4.79 Å². The smallest absolute Gasteiger partial charge is 0.321 e. The van der Waals surface area contributed by atoms with Crippen LogP contribution < -0.4 is 0 Å². The topological polar surface area (TPSA) is 23.6 Å². The van der Waals surface area contributed by atoms with Gasteiger partial charge in [-0.05, 0) is 25.5 Å². The Balaban J connectivity index is 2.21. The van der Waals surface area contributed by atoms with Crippen LogP contribution in [0.4, 0.5) is 4.79 Å². The largest absolute Gasteiger partial charge is 0.324 e. The highest BCUT2D eigenvalue weighted by Crippen LogP contribution is 2.20. The van der Waals surface area contributed by atoms with Crippen LogP contribution in [0.15, 0.2) is 42.1 Å². The average molecular weight is 230 g/mol. The number of amides is 2. The number of likely N-dealkylation sites (N-methyl/N-ethyl adjacent to an activating group) is 1. The Morgan fingerprint density at radius 2 is 1.88 bits per heavy atom. The van der Waals surface area contributed by atoms with Gasteiger partial charge in [0.2, 0.25) is 0 Å². The lowest BCUT2D eigenvalue weighted by atomic mass is 10.1. The highest BCUT2D eigenvalue weighted by Gasteiger charge is 2.27. The van der Waals surface area contributed by atoms with Crippen molar-refractivity contribution in [1.82, 2.24) is 9.80 Å². The summed E-state index contributed by atoms with van der Waals surface area (Å²) in [5.41, 5.74) is 2.18. The van der Waals surface area contributed by atoms with Crippen molar-refractivity contribution >= 4 is 6.03 Å². The van der Waals surface area contributed by atoms with Crippen molar-refractivity contribution in [1.29, 1.82) is 0 Å². The Bertz CT molecular complexity index is 439. The Hall–Kier alpha value is -1.77. The van der Waals surface area contributed by atoms with Crippen LogP contribution in [-0.2, 0) is 6.54 Å². The standard InChI is InChI=1S/C14H18N2O/c1-11-9-12(2)16(14(17)15(11)3)10-13-7-5-4-6-8-13/h4-9,11H,10H2,1-3H3. The minimum atomic E-state index is 0.0707. The first-order valence-electron chi connectivity index (χ1n) is 5.86. The summed E-state index contributed by atoms with van der Waals surface area (Å²) in [6.07, 6.45) is 2.12. The average Bonchev–Trinajstić information content (AvgIpc) is 2.33. The molecule has 90 valence electrons. The van der Waals surface area contributed by atoms with Crippen molar-refractivity contribution in [3.63, 3.8) is 0 Å². The third-order valence-electron chi connectivity index (χ3n) is 3.24. The second kappa shape index (κ2) is 4.62. The maximum absolute atomic E-state index is 12.2. The molecule has 0 aromatic heterocycles. The normalized spacial score (nSPS) is 20.5. The van der Waals surface area contributed by atoms with E-state index in [9.17, 15) is 4.79 Å². The van der Waals surface area contributed by atoms with Gasteiger partial charge in [0.1, 0.15) is 0 Å². The van der Waals surface area contributed by atoms with E-state index in [2.05, 4.69) is 6.08 Å². The number of nitrogens with zero attached hydrogens (tertiary/aromatic N) is 2. The zero-order chi connectivity index (χ0) is 12.4. The second-order valence-corrected chi connectivity index (χ2v) is 4.51. The molecule has 0 aliphatic carbocycles. The molecule has 0 bridgehead atoms. The van der Waals surface area contributed by atoms with Crippen LogP contribution in [0.25, 0.3) is 0 Å². The van der Waals surface area contributed by atoms with Crippen LogP contribution in [0.2, 0.25) is 0 Å². The molecule has 0 saturated heterocycles. The number of hydrogen-bond donors (Lipinski definition) is 0. The lowest BCUT2D eigenvalue weighted by molar-refractivity contribution is 0.158. The van der Waals surface area contributed by atoms with Crippen molar-refractivity contribution in [2.24, 2.45) is 0 Å². The van der Waals surface area contributed by atoms with E-state index in [1.54, 1.807) is 4.90 Å². The number of carbonyl (C=O) groups is 1. The van der Waals surface area contributed by atoms with E-state index in [-0.39, 0.29) is 12.1 Å². The molecule has 0 fully saturated rings. The molecule has 1 aromatic rings. The van der Waals surface area contributed by atoms with Crippen LogP contribution >= 0.6 is 0 Å². The Morgan fingerprint density at radius 3 is 2.53 bits per heavy atom. The first-order chi connectivity index (χ1) is 8.09. The van der Waals surface area contributed by atoms with Gasteiger partial charge in [-0.2, -0.15) is 0 Å². The van der Waals surface area contributed by atoms with Crippen molar-refractivity contribution in [3.05, 3.63) is 47.7 Å². The molecule has 0 saturated carbocycles. The molecule has 1 aliphatic rings. The lowest BCUT2D eigenvalue weighted by Crippen LogP contribution is -2.47. The van der Waals surface area contributed by atoms with Crippen LogP contribution in [0.5, 0.6) is 0 Å². The Kier molecular flexibility index (Phi) is 3.18. The molecule has 1 heterocycles. The molecule has 3 heteroatoms. The first-order valence-corrected chi connectivity index (χ1v) is 5.86. The third-order valence-corrected chi connectivity index (χ3v) is 3.24. The molecule has 1 unspecified atom stereocenters. The Morgan fingerprint density at radius 1 is 1.24 bits per heavy atom. The maximum Gasteiger partial charge on any atom is 0.324 e. The van der Waals surface area contributed by atoms with Gasteiger partial charge in [-0.15, -0.1) is 0 Å². The molecule has 0 N–H and O–H groups in total. The van der Waals surface area contributed by atoms with Gasteiger partial charge in [0.25, 0.3) is 0 Å². The third kappa shape index (κ3) is 2.33. The molecule has 0 spiro atoms. The van der Waals surface area contributed by atoms with Crippen molar-refractivity contribution in [3.8, 4) is 0 Å². The van der Waals surface area contributed by atoms with Gasteiger partial charge in [0, 0.05) is 12.7 Å². The number of rotatable bonds is 2. The van der Waals surface area contributed by atoms with E-state index in [1.165, 1.54) is 0 Å². The predicted molar refractivity (Wildman–Crippen MR) is 68.4 cm³/mol. The second-order valence-electron chi connectivity index (χ2n) is 4.51. The van der Waals surface area contributed by atoms with E-state index >= 15 is 0 Å². The molecule has 0 radical (unpaired) electrons. The van der Waals surface area contributed by atoms with Crippen molar-refractivity contribution in [2.45, 2.75) is 26.4 Å². The molecule has 1 aromatic carbocycles. The van der Waals surface area contributed by atoms with Crippen LogP contribution in [0.3, 0.4) is 0 Å². The van der Waals surface area contributed by atoms with Gasteiger partial charge < -0.3 is 4.90 Å². The van der Waals surface area contributed by atoms with Gasteiger partial charge >= 0.3 is 6.03 Å². The molecule has 3 nitrogen and oxygen atoms in total. The molecule has 2 rings (SSSR count). The monoisotopic (exact) mass is 230 g/mol. The van der Waals surface area contributed by atoms with Crippen LogP contribution in [0, 0.1) is 0 Å². The predicted octanol–water partition coefficient (Wildman–Crippen LogP) is 2.85. The van der Waals surface area contributed by atoms with E-state index < -0.39 is 0 Å². The van der Waals surface area contributed by atoms with Crippen molar-refractivity contribution < 1.29 is 4.79 Å². The van der Waals surface area contributed by atoms with Gasteiger partial charge in [-0.3, -0.25) is 4.90 Å². The molecule has 1 aliphatic heterocycles. The van der Waals surface area contributed by atoms with E-state index in [0.717, 1.165) is 11.3 Å². The SMILES string of the molecule is CC1=CC(C)N(C)C(=O)N1Cc1ccccc1. The fraction of sp³-hybridized carbons (Fsp3) is 0.357. The first kappa shape index (κ1) is 11.7. The van der Waals surface area contributed by atoms with Crippen LogP contribution in [-0.4, -0.2) is 28.9 Å². The lowest BCUT2D eigenvalue weighted by Gasteiger charge is -2.36.